The lowest BCUT2D eigenvalue weighted by atomic mass is 10.2. The van der Waals surface area contributed by atoms with Gasteiger partial charge in [-0.2, -0.15) is 0 Å². The van der Waals surface area contributed by atoms with E-state index in [4.69, 9.17) is 0 Å². The molecule has 0 N–H and O–H groups in total. The van der Waals surface area contributed by atoms with Gasteiger partial charge in [-0.05, 0) is 25.0 Å². The maximum Gasteiger partial charge on any atom is 0.306 e. The van der Waals surface area contributed by atoms with Crippen LogP contribution in [0.3, 0.4) is 0 Å². The molecule has 0 amide bonds. The van der Waals surface area contributed by atoms with Crippen molar-refractivity contribution in [2.24, 2.45) is 0 Å². The standard InChI is InChI=1S/C12H17NO4S/c1-10(8-12(14)17-2)18(15,16)7-5-11-4-3-6-13-9-11/h3-4,6,9-10H,5,7-8H2,1-2H3. The van der Waals surface area contributed by atoms with Crippen molar-refractivity contribution in [3.8, 4) is 0 Å². The van der Waals surface area contributed by atoms with E-state index in [9.17, 15) is 13.2 Å². The van der Waals surface area contributed by atoms with Crippen LogP contribution in [0.15, 0.2) is 24.5 Å². The van der Waals surface area contributed by atoms with Crippen molar-refractivity contribution in [2.45, 2.75) is 25.0 Å². The average molecular weight is 271 g/mol. The minimum Gasteiger partial charge on any atom is -0.469 e. The van der Waals surface area contributed by atoms with Crippen molar-refractivity contribution in [1.82, 2.24) is 4.98 Å². The Morgan fingerprint density at radius 3 is 2.78 bits per heavy atom. The SMILES string of the molecule is COC(=O)CC(C)S(=O)(=O)CCc1cccnc1. The van der Waals surface area contributed by atoms with E-state index in [-0.39, 0.29) is 12.2 Å². The summed E-state index contributed by atoms with van der Waals surface area (Å²) in [5, 5.41) is -0.721. The smallest absolute Gasteiger partial charge is 0.306 e. The van der Waals surface area contributed by atoms with E-state index in [0.29, 0.717) is 6.42 Å². The van der Waals surface area contributed by atoms with E-state index in [1.54, 1.807) is 18.5 Å². The van der Waals surface area contributed by atoms with Crippen molar-refractivity contribution >= 4 is 15.8 Å². The normalized spacial score (nSPS) is 13.0. The topological polar surface area (TPSA) is 73.3 Å². The monoisotopic (exact) mass is 271 g/mol. The van der Waals surface area contributed by atoms with E-state index in [2.05, 4.69) is 9.72 Å². The van der Waals surface area contributed by atoms with Gasteiger partial charge in [-0.1, -0.05) is 6.07 Å². The molecule has 0 aliphatic rings. The van der Waals surface area contributed by atoms with E-state index < -0.39 is 21.1 Å². The summed E-state index contributed by atoms with van der Waals surface area (Å²) < 4.78 is 28.3. The third-order valence-corrected chi connectivity index (χ3v) is 4.86. The maximum atomic E-state index is 11.9. The Morgan fingerprint density at radius 2 is 2.22 bits per heavy atom. The Kier molecular flexibility index (Phi) is 5.27. The van der Waals surface area contributed by atoms with Gasteiger partial charge in [0, 0.05) is 12.4 Å². The minimum atomic E-state index is -3.29. The number of carbonyl (C=O) groups is 1. The number of rotatable bonds is 6. The summed E-state index contributed by atoms with van der Waals surface area (Å²) in [6.45, 7) is 1.52. The lowest BCUT2D eigenvalue weighted by Crippen LogP contribution is -2.25. The van der Waals surface area contributed by atoms with Crippen molar-refractivity contribution in [1.29, 1.82) is 0 Å². The summed E-state index contributed by atoms with van der Waals surface area (Å²) >= 11 is 0. The molecule has 0 aliphatic heterocycles. The van der Waals surface area contributed by atoms with Crippen LogP contribution in [0.1, 0.15) is 18.9 Å². The van der Waals surface area contributed by atoms with E-state index in [1.807, 2.05) is 6.07 Å². The number of aryl methyl sites for hydroxylation is 1. The Hall–Kier alpha value is -1.43. The molecule has 0 fully saturated rings. The molecule has 0 radical (unpaired) electrons. The van der Waals surface area contributed by atoms with Crippen LogP contribution < -0.4 is 0 Å². The molecule has 1 aromatic heterocycles. The van der Waals surface area contributed by atoms with E-state index in [0.717, 1.165) is 5.56 Å². The molecular weight excluding hydrogens is 254 g/mol. The number of methoxy groups -OCH3 is 1. The molecule has 18 heavy (non-hydrogen) atoms. The first-order valence-corrected chi connectivity index (χ1v) is 7.34. The van der Waals surface area contributed by atoms with E-state index in [1.165, 1.54) is 14.0 Å². The van der Waals surface area contributed by atoms with Crippen LogP contribution in [0.4, 0.5) is 0 Å². The fraction of sp³-hybridized carbons (Fsp3) is 0.500. The van der Waals surface area contributed by atoms with Crippen molar-refractivity contribution in [3.05, 3.63) is 30.1 Å². The van der Waals surface area contributed by atoms with Gasteiger partial charge in [0.05, 0.1) is 24.5 Å². The van der Waals surface area contributed by atoms with Crippen LogP contribution in [-0.2, 0) is 25.8 Å². The fourth-order valence-corrected chi connectivity index (χ4v) is 2.76. The summed E-state index contributed by atoms with van der Waals surface area (Å²) in [6.07, 6.45) is 3.58. The zero-order chi connectivity index (χ0) is 13.6. The number of sulfone groups is 1. The molecule has 0 aliphatic carbocycles. The third-order valence-electron chi connectivity index (χ3n) is 2.69. The molecule has 100 valence electrons. The van der Waals surface area contributed by atoms with Crippen LogP contribution in [0.25, 0.3) is 0 Å². The number of aromatic nitrogens is 1. The van der Waals surface area contributed by atoms with E-state index >= 15 is 0 Å². The van der Waals surface area contributed by atoms with Crippen LogP contribution in [0, 0.1) is 0 Å². The zero-order valence-corrected chi connectivity index (χ0v) is 11.3. The summed E-state index contributed by atoms with van der Waals surface area (Å²) in [6, 6.07) is 3.59. The first-order valence-electron chi connectivity index (χ1n) is 5.63. The number of ether oxygens (including phenoxy) is 1. The summed E-state index contributed by atoms with van der Waals surface area (Å²) in [5.74, 6) is -0.496. The fourth-order valence-electron chi connectivity index (χ4n) is 1.45. The van der Waals surface area contributed by atoms with Gasteiger partial charge in [-0.25, -0.2) is 8.42 Å². The highest BCUT2D eigenvalue weighted by molar-refractivity contribution is 7.92. The van der Waals surface area contributed by atoms with Gasteiger partial charge in [0.2, 0.25) is 0 Å². The predicted octanol–water partition coefficient (Wildman–Crippen LogP) is 0.990. The molecule has 1 rings (SSSR count). The molecule has 5 nitrogen and oxygen atoms in total. The van der Waals surface area contributed by atoms with Crippen molar-refractivity contribution in [3.63, 3.8) is 0 Å². The van der Waals surface area contributed by atoms with Gasteiger partial charge >= 0.3 is 5.97 Å². The van der Waals surface area contributed by atoms with Crippen molar-refractivity contribution < 1.29 is 17.9 Å². The lowest BCUT2D eigenvalue weighted by molar-refractivity contribution is -0.140. The largest absolute Gasteiger partial charge is 0.469 e. The van der Waals surface area contributed by atoms with Gasteiger partial charge in [-0.3, -0.25) is 9.78 Å². The molecule has 6 heteroatoms. The molecule has 0 saturated heterocycles. The van der Waals surface area contributed by atoms with Gasteiger partial charge in [0.25, 0.3) is 0 Å². The maximum absolute atomic E-state index is 11.9. The van der Waals surface area contributed by atoms with Gasteiger partial charge < -0.3 is 4.74 Å². The molecule has 1 unspecified atom stereocenters. The zero-order valence-electron chi connectivity index (χ0n) is 10.5. The summed E-state index contributed by atoms with van der Waals surface area (Å²) in [5.41, 5.74) is 0.867. The molecule has 1 aromatic rings. The van der Waals surface area contributed by atoms with Crippen LogP contribution in [0.5, 0.6) is 0 Å². The Bertz CT molecular complexity index is 484. The molecular formula is C12H17NO4S. The molecule has 1 atom stereocenters. The van der Waals surface area contributed by atoms with Crippen molar-refractivity contribution in [2.75, 3.05) is 12.9 Å². The Morgan fingerprint density at radius 1 is 1.50 bits per heavy atom. The van der Waals surface area contributed by atoms with Gasteiger partial charge in [0.1, 0.15) is 0 Å². The number of esters is 1. The molecule has 0 saturated carbocycles. The number of pyridine rings is 1. The highest BCUT2D eigenvalue weighted by Crippen LogP contribution is 2.10. The number of carbonyl (C=O) groups excluding carboxylic acids is 1. The van der Waals surface area contributed by atoms with Crippen LogP contribution >= 0.6 is 0 Å². The summed E-state index contributed by atoms with van der Waals surface area (Å²) in [4.78, 5) is 15.0. The lowest BCUT2D eigenvalue weighted by Gasteiger charge is -2.11. The second kappa shape index (κ2) is 6.49. The quantitative estimate of drug-likeness (QED) is 0.721. The van der Waals surface area contributed by atoms with Crippen LogP contribution in [-0.4, -0.2) is 37.5 Å². The highest BCUT2D eigenvalue weighted by Gasteiger charge is 2.23. The highest BCUT2D eigenvalue weighted by atomic mass is 32.2. The predicted molar refractivity (Wildman–Crippen MR) is 67.8 cm³/mol. The Labute approximate surface area is 107 Å². The second-order valence-corrected chi connectivity index (χ2v) is 6.61. The summed E-state index contributed by atoms with van der Waals surface area (Å²) in [7, 11) is -2.04. The number of hydrogen-bond donors (Lipinski definition) is 0. The third kappa shape index (κ3) is 4.44. The first kappa shape index (κ1) is 14.6. The average Bonchev–Trinajstić information content (AvgIpc) is 2.37. The molecule has 0 bridgehead atoms. The second-order valence-electron chi connectivity index (χ2n) is 4.07. The van der Waals surface area contributed by atoms with Crippen LogP contribution in [0.2, 0.25) is 0 Å². The molecule has 1 heterocycles. The van der Waals surface area contributed by atoms with Gasteiger partial charge in [0.15, 0.2) is 9.84 Å². The number of hydrogen-bond acceptors (Lipinski definition) is 5. The molecule has 0 aromatic carbocycles. The molecule has 0 spiro atoms. The van der Waals surface area contributed by atoms with Gasteiger partial charge in [-0.15, -0.1) is 0 Å². The minimum absolute atomic E-state index is 0.0108. The Balaban J connectivity index is 2.57. The number of nitrogens with zero attached hydrogens (tertiary/aromatic N) is 1. The first-order chi connectivity index (χ1) is 8.45.